The van der Waals surface area contributed by atoms with E-state index in [9.17, 15) is 4.79 Å². The van der Waals surface area contributed by atoms with Crippen LogP contribution >= 0.6 is 0 Å². The number of ether oxygens (including phenoxy) is 1. The van der Waals surface area contributed by atoms with Crippen LogP contribution in [0.1, 0.15) is 23.0 Å². The van der Waals surface area contributed by atoms with Crippen LogP contribution in [0.15, 0.2) is 12.3 Å². The Morgan fingerprint density at radius 3 is 2.83 bits per heavy atom. The van der Waals surface area contributed by atoms with Crippen molar-refractivity contribution in [3.8, 4) is 0 Å². The highest BCUT2D eigenvalue weighted by Gasteiger charge is 2.10. The fraction of sp³-hybridized carbons (Fsp3) is 0.444. The molecule has 0 spiro atoms. The van der Waals surface area contributed by atoms with E-state index in [1.54, 1.807) is 0 Å². The maximum absolute atomic E-state index is 11.2. The number of nitrogens with zero attached hydrogens (tertiary/aromatic N) is 1. The van der Waals surface area contributed by atoms with Crippen molar-refractivity contribution in [3.05, 3.63) is 23.5 Å². The van der Waals surface area contributed by atoms with Crippen molar-refractivity contribution in [2.24, 2.45) is 0 Å². The molecule has 0 saturated carbocycles. The molecule has 0 fully saturated rings. The average Bonchev–Trinajstić information content (AvgIpc) is 2.45. The lowest BCUT2D eigenvalue weighted by atomic mass is 10.3. The van der Waals surface area contributed by atoms with Gasteiger partial charge in [-0.1, -0.05) is 0 Å². The van der Waals surface area contributed by atoms with Crippen molar-refractivity contribution >= 4 is 5.97 Å². The lowest BCUT2D eigenvalue weighted by Crippen LogP contribution is -2.08. The maximum Gasteiger partial charge on any atom is 0.354 e. The van der Waals surface area contributed by atoms with Crippen LogP contribution in [0.4, 0.5) is 0 Å². The molecule has 0 bridgehead atoms. The summed E-state index contributed by atoms with van der Waals surface area (Å²) in [5.41, 5.74) is 1.70. The average molecular weight is 167 g/mol. The first-order valence-corrected chi connectivity index (χ1v) is 3.94. The van der Waals surface area contributed by atoms with Gasteiger partial charge in [0.2, 0.25) is 0 Å². The molecule has 0 atom stereocenters. The van der Waals surface area contributed by atoms with Crippen LogP contribution in [0.3, 0.4) is 0 Å². The van der Waals surface area contributed by atoms with Gasteiger partial charge in [0, 0.05) is 12.7 Å². The predicted molar refractivity (Wildman–Crippen MR) is 46.2 cm³/mol. The van der Waals surface area contributed by atoms with Gasteiger partial charge in [-0.25, -0.2) is 4.79 Å². The number of carbonyl (C=O) groups excluding carboxylic acids is 1. The first-order valence-electron chi connectivity index (χ1n) is 3.94. The van der Waals surface area contributed by atoms with E-state index in [1.165, 1.54) is 7.11 Å². The number of rotatable bonds is 2. The molecule has 1 heterocycles. The van der Waals surface area contributed by atoms with Crippen LogP contribution in [0, 0.1) is 6.92 Å². The first-order chi connectivity index (χ1) is 5.69. The summed E-state index contributed by atoms with van der Waals surface area (Å²) in [5.74, 6) is -0.273. The second-order valence-electron chi connectivity index (χ2n) is 2.68. The van der Waals surface area contributed by atoms with Crippen LogP contribution < -0.4 is 0 Å². The van der Waals surface area contributed by atoms with E-state index in [1.807, 2.05) is 30.7 Å². The van der Waals surface area contributed by atoms with E-state index in [0.717, 1.165) is 12.1 Å². The summed E-state index contributed by atoms with van der Waals surface area (Å²) in [6.07, 6.45) is 1.94. The van der Waals surface area contributed by atoms with E-state index in [-0.39, 0.29) is 5.97 Å². The Kier molecular flexibility index (Phi) is 2.53. The number of aromatic nitrogens is 1. The molecule has 0 saturated heterocycles. The van der Waals surface area contributed by atoms with E-state index in [0.29, 0.717) is 5.69 Å². The zero-order valence-electron chi connectivity index (χ0n) is 7.63. The molecule has 1 rings (SSSR count). The number of aryl methyl sites for hydroxylation is 2. The SMILES string of the molecule is CCn1cc(C)cc1C(=O)OC. The van der Waals surface area contributed by atoms with Crippen LogP contribution in [0.2, 0.25) is 0 Å². The summed E-state index contributed by atoms with van der Waals surface area (Å²) < 4.78 is 6.51. The minimum absolute atomic E-state index is 0.273. The van der Waals surface area contributed by atoms with E-state index >= 15 is 0 Å². The van der Waals surface area contributed by atoms with Gasteiger partial charge in [-0.15, -0.1) is 0 Å². The fourth-order valence-corrected chi connectivity index (χ4v) is 1.19. The normalized spacial score (nSPS) is 9.92. The van der Waals surface area contributed by atoms with Gasteiger partial charge in [0.1, 0.15) is 5.69 Å². The molecular formula is C9H13NO2. The van der Waals surface area contributed by atoms with Gasteiger partial charge in [0.25, 0.3) is 0 Å². The van der Waals surface area contributed by atoms with Gasteiger partial charge < -0.3 is 9.30 Å². The van der Waals surface area contributed by atoms with Crippen molar-refractivity contribution in [1.82, 2.24) is 4.57 Å². The summed E-state index contributed by atoms with van der Waals surface area (Å²) in [5, 5.41) is 0. The Hall–Kier alpha value is -1.25. The monoisotopic (exact) mass is 167 g/mol. The van der Waals surface area contributed by atoms with Gasteiger partial charge in [0.15, 0.2) is 0 Å². The number of methoxy groups -OCH3 is 1. The van der Waals surface area contributed by atoms with E-state index in [2.05, 4.69) is 4.74 Å². The summed E-state index contributed by atoms with van der Waals surface area (Å²) in [4.78, 5) is 11.2. The highest BCUT2D eigenvalue weighted by molar-refractivity contribution is 5.87. The predicted octanol–water partition coefficient (Wildman–Crippen LogP) is 1.60. The van der Waals surface area contributed by atoms with Crippen molar-refractivity contribution in [3.63, 3.8) is 0 Å². The fourth-order valence-electron chi connectivity index (χ4n) is 1.19. The number of carbonyl (C=O) groups is 1. The largest absolute Gasteiger partial charge is 0.464 e. The van der Waals surface area contributed by atoms with Crippen LogP contribution in [-0.4, -0.2) is 17.6 Å². The molecule has 0 aliphatic rings. The lowest BCUT2D eigenvalue weighted by Gasteiger charge is -2.02. The van der Waals surface area contributed by atoms with Crippen molar-refractivity contribution in [2.75, 3.05) is 7.11 Å². The standard InChI is InChI=1S/C9H13NO2/c1-4-10-6-7(2)5-8(10)9(11)12-3/h5-6H,4H2,1-3H3. The third-order valence-electron chi connectivity index (χ3n) is 1.77. The molecule has 66 valence electrons. The molecule has 0 aliphatic heterocycles. The Morgan fingerprint density at radius 2 is 2.33 bits per heavy atom. The van der Waals surface area contributed by atoms with Gasteiger partial charge in [0.05, 0.1) is 7.11 Å². The Morgan fingerprint density at radius 1 is 1.67 bits per heavy atom. The quantitative estimate of drug-likeness (QED) is 0.626. The van der Waals surface area contributed by atoms with Crippen molar-refractivity contribution < 1.29 is 9.53 Å². The van der Waals surface area contributed by atoms with Gasteiger partial charge in [-0.3, -0.25) is 0 Å². The van der Waals surface area contributed by atoms with E-state index in [4.69, 9.17) is 0 Å². The molecule has 3 nitrogen and oxygen atoms in total. The second kappa shape index (κ2) is 3.43. The zero-order valence-corrected chi connectivity index (χ0v) is 7.63. The number of hydrogen-bond acceptors (Lipinski definition) is 2. The molecule has 1 aromatic heterocycles. The van der Waals surface area contributed by atoms with E-state index < -0.39 is 0 Å². The first kappa shape index (κ1) is 8.84. The molecule has 0 radical (unpaired) electrons. The third-order valence-corrected chi connectivity index (χ3v) is 1.77. The molecule has 0 aliphatic carbocycles. The smallest absolute Gasteiger partial charge is 0.354 e. The van der Waals surface area contributed by atoms with Gasteiger partial charge in [-0.05, 0) is 25.5 Å². The van der Waals surface area contributed by atoms with Crippen molar-refractivity contribution in [2.45, 2.75) is 20.4 Å². The van der Waals surface area contributed by atoms with Crippen LogP contribution in [0.5, 0.6) is 0 Å². The number of hydrogen-bond donors (Lipinski definition) is 0. The number of esters is 1. The highest BCUT2D eigenvalue weighted by atomic mass is 16.5. The van der Waals surface area contributed by atoms with Crippen LogP contribution in [0.25, 0.3) is 0 Å². The second-order valence-corrected chi connectivity index (χ2v) is 2.68. The maximum atomic E-state index is 11.2. The minimum Gasteiger partial charge on any atom is -0.464 e. The molecule has 0 aromatic carbocycles. The minimum atomic E-state index is -0.273. The topological polar surface area (TPSA) is 31.2 Å². The summed E-state index contributed by atoms with van der Waals surface area (Å²) in [6.45, 7) is 4.74. The molecule has 0 unspecified atom stereocenters. The molecule has 3 heteroatoms. The Labute approximate surface area is 72.0 Å². The summed E-state index contributed by atoms with van der Waals surface area (Å²) in [7, 11) is 1.39. The molecule has 12 heavy (non-hydrogen) atoms. The lowest BCUT2D eigenvalue weighted by molar-refractivity contribution is 0.0588. The molecule has 1 aromatic rings. The molecule has 0 amide bonds. The molecule has 0 N–H and O–H groups in total. The summed E-state index contributed by atoms with van der Waals surface area (Å²) in [6, 6.07) is 1.83. The van der Waals surface area contributed by atoms with Gasteiger partial charge in [-0.2, -0.15) is 0 Å². The third kappa shape index (κ3) is 1.49. The van der Waals surface area contributed by atoms with Crippen molar-refractivity contribution in [1.29, 1.82) is 0 Å². The Bertz CT molecular complexity index is 289. The Balaban J connectivity index is 3.04. The zero-order chi connectivity index (χ0) is 9.14. The highest BCUT2D eigenvalue weighted by Crippen LogP contribution is 2.08. The summed E-state index contributed by atoms with van der Waals surface area (Å²) >= 11 is 0. The van der Waals surface area contributed by atoms with Gasteiger partial charge >= 0.3 is 5.97 Å². The van der Waals surface area contributed by atoms with Crippen LogP contribution in [-0.2, 0) is 11.3 Å². The molecular weight excluding hydrogens is 154 g/mol.